The fraction of sp³-hybridized carbons (Fsp3) is 0.364. The van der Waals surface area contributed by atoms with Crippen molar-refractivity contribution in [3.8, 4) is 0 Å². The maximum atomic E-state index is 4.23. The van der Waals surface area contributed by atoms with Crippen molar-refractivity contribution in [2.24, 2.45) is 0 Å². The van der Waals surface area contributed by atoms with Crippen LogP contribution in [-0.2, 0) is 13.0 Å². The minimum absolute atomic E-state index is 0.848. The maximum absolute atomic E-state index is 4.23. The van der Waals surface area contributed by atoms with E-state index in [9.17, 15) is 0 Å². The predicted octanol–water partition coefficient (Wildman–Crippen LogP) is 2.11. The Labute approximate surface area is 93.6 Å². The van der Waals surface area contributed by atoms with Crippen molar-refractivity contribution in [1.29, 1.82) is 0 Å². The zero-order chi connectivity index (χ0) is 10.5. The molecule has 3 nitrogen and oxygen atoms in total. The lowest BCUT2D eigenvalue weighted by molar-refractivity contribution is 0.677. The highest BCUT2D eigenvalue weighted by Gasteiger charge is 1.99. The summed E-state index contributed by atoms with van der Waals surface area (Å²) < 4.78 is 0. The molecule has 0 aliphatic carbocycles. The molecule has 0 radical (unpaired) electrons. The molecule has 4 heteroatoms. The molecule has 0 amide bonds. The zero-order valence-electron chi connectivity index (χ0n) is 8.79. The summed E-state index contributed by atoms with van der Waals surface area (Å²) in [6, 6.07) is 4.27. The molecule has 0 bridgehead atoms. The van der Waals surface area contributed by atoms with E-state index in [2.05, 4.69) is 32.8 Å². The number of nitrogens with zero attached hydrogens (tertiary/aromatic N) is 1. The quantitative estimate of drug-likeness (QED) is 0.759. The second-order valence-corrected chi connectivity index (χ2v) is 4.51. The number of aromatic amines is 1. The molecule has 0 atom stereocenters. The minimum atomic E-state index is 0.848. The number of aryl methyl sites for hydroxylation is 1. The molecule has 80 valence electrons. The topological polar surface area (TPSA) is 40.7 Å². The number of H-pyrrole nitrogens is 1. The van der Waals surface area contributed by atoms with Gasteiger partial charge >= 0.3 is 0 Å². The first-order chi connectivity index (χ1) is 7.36. The largest absolute Gasteiger partial charge is 0.348 e. The average molecular weight is 221 g/mol. The third-order valence-electron chi connectivity index (χ3n) is 2.36. The Balaban J connectivity index is 1.70. The van der Waals surface area contributed by atoms with Gasteiger partial charge in [-0.1, -0.05) is 6.07 Å². The first kappa shape index (κ1) is 10.4. The van der Waals surface area contributed by atoms with E-state index >= 15 is 0 Å². The Morgan fingerprint density at radius 1 is 1.53 bits per heavy atom. The Kier molecular flexibility index (Phi) is 3.53. The van der Waals surface area contributed by atoms with Gasteiger partial charge in [0.1, 0.15) is 0 Å². The van der Waals surface area contributed by atoms with Gasteiger partial charge in [-0.2, -0.15) is 0 Å². The van der Waals surface area contributed by atoms with E-state index in [1.807, 2.05) is 18.3 Å². The van der Waals surface area contributed by atoms with Crippen LogP contribution < -0.4 is 5.32 Å². The van der Waals surface area contributed by atoms with Crippen molar-refractivity contribution in [1.82, 2.24) is 15.3 Å². The predicted molar refractivity (Wildman–Crippen MR) is 63.1 cm³/mol. The van der Waals surface area contributed by atoms with Crippen LogP contribution in [0.4, 0.5) is 0 Å². The Hall–Kier alpha value is -1.13. The molecule has 0 fully saturated rings. The summed E-state index contributed by atoms with van der Waals surface area (Å²) >= 11 is 1.81. The lowest BCUT2D eigenvalue weighted by Crippen LogP contribution is -2.17. The van der Waals surface area contributed by atoms with Gasteiger partial charge in [-0.3, -0.25) is 0 Å². The van der Waals surface area contributed by atoms with Crippen molar-refractivity contribution in [3.63, 3.8) is 0 Å². The second kappa shape index (κ2) is 5.09. The Morgan fingerprint density at radius 2 is 2.47 bits per heavy atom. The van der Waals surface area contributed by atoms with Gasteiger partial charge in [0.2, 0.25) is 0 Å². The van der Waals surface area contributed by atoms with Crippen LogP contribution in [0.3, 0.4) is 0 Å². The Bertz CT molecular complexity index is 392. The molecule has 0 saturated carbocycles. The number of hydrogen-bond acceptors (Lipinski definition) is 3. The summed E-state index contributed by atoms with van der Waals surface area (Å²) in [4.78, 5) is 8.74. The van der Waals surface area contributed by atoms with Crippen LogP contribution >= 0.6 is 11.3 Å². The molecule has 2 aromatic heterocycles. The van der Waals surface area contributed by atoms with Gasteiger partial charge in [0.15, 0.2) is 0 Å². The van der Waals surface area contributed by atoms with E-state index in [4.69, 9.17) is 0 Å². The van der Waals surface area contributed by atoms with Crippen molar-refractivity contribution >= 4 is 11.3 Å². The standard InChI is InChI=1S/C11H15N3S/c1-9-11(14-8-13-9)7-12-5-4-10-3-2-6-15-10/h2-3,6,8,12H,4-5,7H2,1H3,(H,13,14). The minimum Gasteiger partial charge on any atom is -0.348 e. The van der Waals surface area contributed by atoms with Crippen LogP contribution in [0.1, 0.15) is 16.3 Å². The van der Waals surface area contributed by atoms with Crippen LogP contribution in [0.15, 0.2) is 23.8 Å². The summed E-state index contributed by atoms with van der Waals surface area (Å²) in [5, 5.41) is 5.51. The average Bonchev–Trinajstić information content (AvgIpc) is 2.85. The van der Waals surface area contributed by atoms with Gasteiger partial charge in [-0.15, -0.1) is 11.3 Å². The van der Waals surface area contributed by atoms with E-state index < -0.39 is 0 Å². The molecular weight excluding hydrogens is 206 g/mol. The first-order valence-corrected chi connectivity index (χ1v) is 5.96. The van der Waals surface area contributed by atoms with Crippen molar-refractivity contribution in [3.05, 3.63) is 40.1 Å². The monoisotopic (exact) mass is 221 g/mol. The summed E-state index contributed by atoms with van der Waals surface area (Å²) in [6.45, 7) is 3.90. The van der Waals surface area contributed by atoms with Crippen LogP contribution in [0.5, 0.6) is 0 Å². The molecule has 0 aliphatic rings. The van der Waals surface area contributed by atoms with Crippen molar-refractivity contribution in [2.75, 3.05) is 6.54 Å². The maximum Gasteiger partial charge on any atom is 0.0925 e. The number of nitrogens with one attached hydrogen (secondary N) is 2. The highest BCUT2D eigenvalue weighted by Crippen LogP contribution is 2.08. The summed E-state index contributed by atoms with van der Waals surface area (Å²) in [6.07, 6.45) is 2.84. The van der Waals surface area contributed by atoms with Gasteiger partial charge in [-0.25, -0.2) is 4.98 Å². The SMILES string of the molecule is Cc1[nH]cnc1CNCCc1cccs1. The van der Waals surface area contributed by atoms with E-state index in [0.717, 1.165) is 30.9 Å². The van der Waals surface area contributed by atoms with Crippen LogP contribution in [0.2, 0.25) is 0 Å². The van der Waals surface area contributed by atoms with Gasteiger partial charge < -0.3 is 10.3 Å². The highest BCUT2D eigenvalue weighted by molar-refractivity contribution is 7.09. The molecule has 15 heavy (non-hydrogen) atoms. The van der Waals surface area contributed by atoms with Gasteiger partial charge in [0.05, 0.1) is 12.0 Å². The van der Waals surface area contributed by atoms with Crippen LogP contribution in [0.25, 0.3) is 0 Å². The van der Waals surface area contributed by atoms with Gasteiger partial charge in [0.25, 0.3) is 0 Å². The number of thiophene rings is 1. The number of aromatic nitrogens is 2. The molecule has 2 heterocycles. The molecule has 2 rings (SSSR count). The van der Waals surface area contributed by atoms with Crippen molar-refractivity contribution < 1.29 is 0 Å². The molecule has 2 aromatic rings. The summed E-state index contributed by atoms with van der Waals surface area (Å²) in [5.74, 6) is 0. The third-order valence-corrected chi connectivity index (χ3v) is 3.29. The molecular formula is C11H15N3S. The summed E-state index contributed by atoms with van der Waals surface area (Å²) in [7, 11) is 0. The van der Waals surface area contributed by atoms with E-state index in [-0.39, 0.29) is 0 Å². The molecule has 2 N–H and O–H groups in total. The number of hydrogen-bond donors (Lipinski definition) is 2. The molecule has 0 aliphatic heterocycles. The fourth-order valence-electron chi connectivity index (χ4n) is 1.44. The molecule has 0 spiro atoms. The van der Waals surface area contributed by atoms with Crippen molar-refractivity contribution in [2.45, 2.75) is 19.9 Å². The fourth-order valence-corrected chi connectivity index (χ4v) is 2.15. The first-order valence-electron chi connectivity index (χ1n) is 5.08. The lowest BCUT2D eigenvalue weighted by atomic mass is 10.3. The molecule has 0 saturated heterocycles. The van der Waals surface area contributed by atoms with E-state index in [1.54, 1.807) is 6.33 Å². The number of rotatable bonds is 5. The third kappa shape index (κ3) is 2.91. The molecule has 0 unspecified atom stereocenters. The normalized spacial score (nSPS) is 10.7. The lowest BCUT2D eigenvalue weighted by Gasteiger charge is -2.01. The summed E-state index contributed by atoms with van der Waals surface area (Å²) in [5.41, 5.74) is 2.26. The number of imidazole rings is 1. The Morgan fingerprint density at radius 3 is 3.13 bits per heavy atom. The van der Waals surface area contributed by atoms with Gasteiger partial charge in [-0.05, 0) is 24.8 Å². The highest BCUT2D eigenvalue weighted by atomic mass is 32.1. The van der Waals surface area contributed by atoms with E-state index in [1.165, 1.54) is 4.88 Å². The molecule has 0 aromatic carbocycles. The van der Waals surface area contributed by atoms with Crippen LogP contribution in [-0.4, -0.2) is 16.5 Å². The zero-order valence-corrected chi connectivity index (χ0v) is 9.60. The van der Waals surface area contributed by atoms with Crippen LogP contribution in [0, 0.1) is 6.92 Å². The smallest absolute Gasteiger partial charge is 0.0925 e. The second-order valence-electron chi connectivity index (χ2n) is 3.48. The van der Waals surface area contributed by atoms with Gasteiger partial charge in [0, 0.05) is 23.7 Å². The van der Waals surface area contributed by atoms with E-state index in [0.29, 0.717) is 0 Å².